The number of hydrogen-bond acceptors (Lipinski definition) is 4. The number of methoxy groups -OCH3 is 1. The molecule has 1 N–H and O–H groups in total. The van der Waals surface area contributed by atoms with E-state index in [0.717, 1.165) is 5.84 Å². The van der Waals surface area contributed by atoms with Crippen LogP contribution in [0.4, 0.5) is 0 Å². The molecule has 4 aromatic carbocycles. The first-order chi connectivity index (χ1) is 16.6. The average molecular weight is 464 g/mol. The van der Waals surface area contributed by atoms with Crippen molar-refractivity contribution >= 4 is 44.9 Å². The van der Waals surface area contributed by atoms with Gasteiger partial charge in [0, 0.05) is 24.5 Å². The Morgan fingerprint density at radius 3 is 2.50 bits per heavy atom. The molecule has 166 valence electrons. The van der Waals surface area contributed by atoms with Gasteiger partial charge in [0.05, 0.1) is 5.92 Å². The van der Waals surface area contributed by atoms with E-state index in [-0.39, 0.29) is 23.3 Å². The molecule has 3 aliphatic heterocycles. The summed E-state index contributed by atoms with van der Waals surface area (Å²) in [5.41, 5.74) is 5.03. The third-order valence-corrected chi connectivity index (χ3v) is 9.43. The SMILES string of the molecule is COC1(O)C2c3cc4ccccc4cc3C3=[N+](C(C)=NC4Sc5ccc6ccccc6c5C34)C21. The van der Waals surface area contributed by atoms with E-state index in [0.29, 0.717) is 0 Å². The minimum absolute atomic E-state index is 0.0939. The van der Waals surface area contributed by atoms with Crippen molar-refractivity contribution in [2.75, 3.05) is 7.11 Å². The van der Waals surface area contributed by atoms with Crippen LogP contribution in [0.5, 0.6) is 0 Å². The van der Waals surface area contributed by atoms with Gasteiger partial charge in [-0.15, -0.1) is 0 Å². The van der Waals surface area contributed by atoms with Crippen molar-refractivity contribution in [2.24, 2.45) is 4.99 Å². The van der Waals surface area contributed by atoms with Crippen molar-refractivity contribution in [1.82, 2.24) is 0 Å². The molecular weight excluding hydrogens is 440 g/mol. The van der Waals surface area contributed by atoms with Gasteiger partial charge in [0.15, 0.2) is 6.04 Å². The summed E-state index contributed by atoms with van der Waals surface area (Å²) in [7, 11) is 1.62. The quantitative estimate of drug-likeness (QED) is 0.310. The predicted molar refractivity (Wildman–Crippen MR) is 136 cm³/mol. The van der Waals surface area contributed by atoms with Crippen LogP contribution >= 0.6 is 11.8 Å². The zero-order valence-electron chi connectivity index (χ0n) is 18.9. The second kappa shape index (κ2) is 6.36. The van der Waals surface area contributed by atoms with E-state index in [2.05, 4.69) is 84.3 Å². The molecule has 1 aliphatic carbocycles. The fraction of sp³-hybridized carbons (Fsp3) is 0.241. The molecule has 5 heteroatoms. The van der Waals surface area contributed by atoms with Gasteiger partial charge in [-0.05, 0) is 50.9 Å². The smallest absolute Gasteiger partial charge is 0.291 e. The number of nitrogens with zero attached hydrogens (tertiary/aromatic N) is 2. The Morgan fingerprint density at radius 2 is 1.71 bits per heavy atom. The fourth-order valence-electron chi connectivity index (χ4n) is 6.68. The van der Waals surface area contributed by atoms with Crippen LogP contribution in [0.1, 0.15) is 35.4 Å². The van der Waals surface area contributed by atoms with E-state index < -0.39 is 5.79 Å². The molecule has 34 heavy (non-hydrogen) atoms. The number of aliphatic imine (C=N–C) groups is 1. The van der Waals surface area contributed by atoms with Crippen molar-refractivity contribution in [3.63, 3.8) is 0 Å². The van der Waals surface area contributed by atoms with E-state index in [9.17, 15) is 5.11 Å². The second-order valence-corrected chi connectivity index (χ2v) is 10.9. The maximum absolute atomic E-state index is 11.5. The molecule has 0 amide bonds. The van der Waals surface area contributed by atoms with E-state index in [1.165, 1.54) is 48.8 Å². The number of fused-ring (bicyclic) bond motifs is 12. The van der Waals surface area contributed by atoms with Gasteiger partial charge in [0.2, 0.25) is 11.2 Å². The predicted octanol–water partition coefficient (Wildman–Crippen LogP) is 5.26. The lowest BCUT2D eigenvalue weighted by atomic mass is 9.81. The van der Waals surface area contributed by atoms with Gasteiger partial charge in [0.1, 0.15) is 11.6 Å². The summed E-state index contributed by atoms with van der Waals surface area (Å²) < 4.78 is 8.05. The molecule has 1 saturated carbocycles. The monoisotopic (exact) mass is 463 g/mol. The zero-order chi connectivity index (χ0) is 22.8. The van der Waals surface area contributed by atoms with Gasteiger partial charge in [-0.3, -0.25) is 0 Å². The number of ether oxygens (including phenoxy) is 1. The van der Waals surface area contributed by atoms with E-state index >= 15 is 0 Å². The molecule has 4 aromatic rings. The first-order valence-electron chi connectivity index (χ1n) is 11.8. The summed E-state index contributed by atoms with van der Waals surface area (Å²) in [6.45, 7) is 2.08. The third-order valence-electron chi connectivity index (χ3n) is 8.20. The number of thioether (sulfide) groups is 1. The number of amidine groups is 1. The number of hydrogen-bond donors (Lipinski definition) is 1. The van der Waals surface area contributed by atoms with Crippen molar-refractivity contribution in [3.8, 4) is 0 Å². The number of rotatable bonds is 1. The van der Waals surface area contributed by atoms with Gasteiger partial charge in [-0.2, -0.15) is 0 Å². The fourth-order valence-corrected chi connectivity index (χ4v) is 8.05. The summed E-state index contributed by atoms with van der Waals surface area (Å²) in [5.74, 6) is -0.223. The second-order valence-electron chi connectivity index (χ2n) is 9.78. The molecule has 5 atom stereocenters. The van der Waals surface area contributed by atoms with Gasteiger partial charge < -0.3 is 9.84 Å². The zero-order valence-corrected chi connectivity index (χ0v) is 19.7. The molecule has 4 nitrogen and oxygen atoms in total. The maximum Gasteiger partial charge on any atom is 0.291 e. The molecular formula is C29H23N2O2S+. The minimum Gasteiger partial charge on any atom is -0.362 e. The first kappa shape index (κ1) is 19.3. The summed E-state index contributed by atoms with van der Waals surface area (Å²) in [6.07, 6.45) is 0. The Kier molecular flexibility index (Phi) is 3.62. The summed E-state index contributed by atoms with van der Waals surface area (Å²) in [4.78, 5) is 6.49. The van der Waals surface area contributed by atoms with Crippen LogP contribution < -0.4 is 0 Å². The highest BCUT2D eigenvalue weighted by atomic mass is 32.2. The lowest BCUT2D eigenvalue weighted by Gasteiger charge is -2.28. The molecule has 4 aliphatic rings. The lowest BCUT2D eigenvalue weighted by Crippen LogP contribution is -2.43. The molecule has 3 heterocycles. The Balaban J connectivity index is 1.47. The van der Waals surface area contributed by atoms with Crippen LogP contribution in [0.25, 0.3) is 21.5 Å². The van der Waals surface area contributed by atoms with Crippen molar-refractivity contribution in [2.45, 2.75) is 40.9 Å². The van der Waals surface area contributed by atoms with E-state index in [1.807, 2.05) is 11.8 Å². The summed E-state index contributed by atoms with van der Waals surface area (Å²) in [6, 6.07) is 26.1. The van der Waals surface area contributed by atoms with Gasteiger partial charge in [0.25, 0.3) is 5.84 Å². The number of benzene rings is 4. The molecule has 0 aromatic heterocycles. The normalized spacial score (nSPS) is 30.4. The topological polar surface area (TPSA) is 44.8 Å². The largest absolute Gasteiger partial charge is 0.362 e. The van der Waals surface area contributed by atoms with E-state index in [1.54, 1.807) is 7.11 Å². The molecule has 0 saturated heterocycles. The van der Waals surface area contributed by atoms with Crippen LogP contribution in [-0.2, 0) is 4.74 Å². The summed E-state index contributed by atoms with van der Waals surface area (Å²) >= 11 is 1.86. The first-order valence-corrected chi connectivity index (χ1v) is 12.7. The molecule has 0 radical (unpaired) electrons. The minimum atomic E-state index is -1.21. The maximum atomic E-state index is 11.5. The third kappa shape index (κ3) is 2.23. The lowest BCUT2D eigenvalue weighted by molar-refractivity contribution is -0.452. The van der Waals surface area contributed by atoms with Crippen molar-refractivity contribution < 1.29 is 14.4 Å². The van der Waals surface area contributed by atoms with Crippen LogP contribution in [0.15, 0.2) is 82.7 Å². The average Bonchev–Trinajstić information content (AvgIpc) is 3.31. The van der Waals surface area contributed by atoms with Gasteiger partial charge in [-0.1, -0.05) is 71.4 Å². The molecule has 5 unspecified atom stereocenters. The Labute approximate surface area is 201 Å². The van der Waals surface area contributed by atoms with Crippen LogP contribution in [0, 0.1) is 0 Å². The Hall–Kier alpha value is -2.99. The molecule has 1 fully saturated rings. The standard InChI is InChI=1S/C29H23N2O2S/c1-15-30-28-24(23-19-10-6-5-7-16(19)11-12-22(23)34-28)26-21-14-18-9-4-3-8-17(18)13-20(21)25-27(31(15)26)29(25,32)33-2/h3-14,24-25,27-28,32H,1-2H3/q+1. The van der Waals surface area contributed by atoms with Crippen molar-refractivity contribution in [1.29, 1.82) is 0 Å². The van der Waals surface area contributed by atoms with Gasteiger partial charge >= 0.3 is 0 Å². The number of aliphatic hydroxyl groups is 1. The van der Waals surface area contributed by atoms with Crippen LogP contribution in [0.3, 0.4) is 0 Å². The van der Waals surface area contributed by atoms with Crippen molar-refractivity contribution in [3.05, 3.63) is 89.5 Å². The Bertz CT molecular complexity index is 1640. The van der Waals surface area contributed by atoms with Gasteiger partial charge in [-0.25, -0.2) is 4.58 Å². The molecule has 0 bridgehead atoms. The Morgan fingerprint density at radius 1 is 0.971 bits per heavy atom. The summed E-state index contributed by atoms with van der Waals surface area (Å²) in [5, 5.41) is 16.6. The molecule has 8 rings (SSSR count). The molecule has 0 spiro atoms. The van der Waals surface area contributed by atoms with E-state index in [4.69, 9.17) is 9.73 Å². The highest BCUT2D eigenvalue weighted by Crippen LogP contribution is 2.61. The van der Waals surface area contributed by atoms with Crippen LogP contribution in [0.2, 0.25) is 0 Å². The highest BCUT2D eigenvalue weighted by Gasteiger charge is 2.75. The highest BCUT2D eigenvalue weighted by molar-refractivity contribution is 8.00. The van der Waals surface area contributed by atoms with Crippen LogP contribution in [-0.4, -0.2) is 45.5 Å².